The third-order valence-electron chi connectivity index (χ3n) is 2.96. The van der Waals surface area contributed by atoms with Crippen LogP contribution in [-0.2, 0) is 16.6 Å². The molecule has 1 N–H and O–H groups in total. The number of halogens is 1. The van der Waals surface area contributed by atoms with Gasteiger partial charge in [-0.15, -0.1) is 11.3 Å². The van der Waals surface area contributed by atoms with Gasteiger partial charge in [-0.3, -0.25) is 0 Å². The number of rotatable bonds is 5. The van der Waals surface area contributed by atoms with Gasteiger partial charge in [-0.1, -0.05) is 5.16 Å². The zero-order valence-electron chi connectivity index (χ0n) is 12.0. The Morgan fingerprint density at radius 2 is 1.96 bits per heavy atom. The third kappa shape index (κ3) is 3.63. The van der Waals surface area contributed by atoms with E-state index in [0.717, 1.165) is 4.88 Å². The van der Waals surface area contributed by atoms with Crippen molar-refractivity contribution in [3.8, 4) is 11.4 Å². The van der Waals surface area contributed by atoms with Crippen LogP contribution in [-0.4, -0.2) is 18.6 Å². The molecule has 0 spiro atoms. The zero-order chi connectivity index (χ0) is 16.4. The van der Waals surface area contributed by atoms with E-state index in [1.165, 1.54) is 35.6 Å². The van der Waals surface area contributed by atoms with E-state index < -0.39 is 10.0 Å². The van der Waals surface area contributed by atoms with E-state index in [9.17, 15) is 12.8 Å². The summed E-state index contributed by atoms with van der Waals surface area (Å²) >= 11 is 1.18. The van der Waals surface area contributed by atoms with Gasteiger partial charge in [-0.2, -0.15) is 4.98 Å². The Balaban J connectivity index is 1.71. The van der Waals surface area contributed by atoms with E-state index in [1.54, 1.807) is 12.1 Å². The number of sulfonamides is 1. The van der Waals surface area contributed by atoms with Crippen molar-refractivity contribution in [1.29, 1.82) is 0 Å². The highest BCUT2D eigenvalue weighted by Gasteiger charge is 2.18. The Morgan fingerprint density at radius 3 is 2.61 bits per heavy atom. The number of hydrogen-bond donors (Lipinski definition) is 1. The van der Waals surface area contributed by atoms with Crippen molar-refractivity contribution in [3.05, 3.63) is 53.0 Å². The Labute approximate surface area is 136 Å². The second kappa shape index (κ2) is 6.19. The first-order chi connectivity index (χ1) is 10.9. The van der Waals surface area contributed by atoms with E-state index in [-0.39, 0.29) is 28.3 Å². The fraction of sp³-hybridized carbons (Fsp3) is 0.143. The van der Waals surface area contributed by atoms with Gasteiger partial charge in [0.1, 0.15) is 10.0 Å². The molecule has 0 aliphatic carbocycles. The molecule has 3 rings (SSSR count). The van der Waals surface area contributed by atoms with Gasteiger partial charge in [0.15, 0.2) is 0 Å². The predicted octanol–water partition coefficient (Wildman–Crippen LogP) is 2.72. The molecule has 0 amide bonds. The van der Waals surface area contributed by atoms with Crippen LogP contribution in [0, 0.1) is 12.7 Å². The maximum atomic E-state index is 12.9. The zero-order valence-corrected chi connectivity index (χ0v) is 13.6. The fourth-order valence-electron chi connectivity index (χ4n) is 1.83. The first kappa shape index (κ1) is 15.8. The van der Waals surface area contributed by atoms with Crippen LogP contribution in [0.5, 0.6) is 0 Å². The lowest BCUT2D eigenvalue weighted by molar-refractivity contribution is 0.376. The molecule has 0 radical (unpaired) electrons. The highest BCUT2D eigenvalue weighted by molar-refractivity contribution is 7.91. The largest absolute Gasteiger partial charge is 0.338 e. The maximum absolute atomic E-state index is 12.9. The van der Waals surface area contributed by atoms with Gasteiger partial charge in [0.25, 0.3) is 10.0 Å². The molecule has 0 saturated carbocycles. The van der Waals surface area contributed by atoms with Crippen LogP contribution in [0.3, 0.4) is 0 Å². The molecule has 0 bridgehead atoms. The van der Waals surface area contributed by atoms with Crippen LogP contribution in [0.15, 0.2) is 45.1 Å². The quantitative estimate of drug-likeness (QED) is 0.762. The van der Waals surface area contributed by atoms with E-state index >= 15 is 0 Å². The molecular weight excluding hydrogens is 341 g/mol. The Hall–Kier alpha value is -2.10. The normalized spacial score (nSPS) is 11.7. The van der Waals surface area contributed by atoms with Crippen molar-refractivity contribution in [2.75, 3.05) is 0 Å². The maximum Gasteiger partial charge on any atom is 0.250 e. The summed E-state index contributed by atoms with van der Waals surface area (Å²) < 4.78 is 44.7. The summed E-state index contributed by atoms with van der Waals surface area (Å²) in [6.45, 7) is 1.71. The summed E-state index contributed by atoms with van der Waals surface area (Å²) in [5.74, 6) is 0.0313. The van der Waals surface area contributed by atoms with Gasteiger partial charge in [0, 0.05) is 10.4 Å². The van der Waals surface area contributed by atoms with Gasteiger partial charge >= 0.3 is 0 Å². The van der Waals surface area contributed by atoms with Crippen molar-refractivity contribution in [1.82, 2.24) is 14.9 Å². The smallest absolute Gasteiger partial charge is 0.250 e. The topological polar surface area (TPSA) is 85.1 Å². The average molecular weight is 353 g/mol. The fourth-order valence-corrected chi connectivity index (χ4v) is 4.13. The van der Waals surface area contributed by atoms with Crippen LogP contribution < -0.4 is 4.72 Å². The van der Waals surface area contributed by atoms with Crippen LogP contribution >= 0.6 is 11.3 Å². The first-order valence-electron chi connectivity index (χ1n) is 6.59. The standard InChI is InChI=1S/C14H12FN3O3S2/c1-9-2-7-13(22-9)23(19,20)16-8-12-17-14(18-21-12)10-3-5-11(15)6-4-10/h2-7,16H,8H2,1H3. The average Bonchev–Trinajstić information content (AvgIpc) is 3.15. The molecule has 9 heteroatoms. The second-order valence-electron chi connectivity index (χ2n) is 4.71. The minimum absolute atomic E-state index is 0.118. The SMILES string of the molecule is Cc1ccc(S(=O)(=O)NCc2nc(-c3ccc(F)cc3)no2)s1. The number of hydrogen-bond acceptors (Lipinski definition) is 6. The number of nitrogens with one attached hydrogen (secondary N) is 1. The van der Waals surface area contributed by atoms with Gasteiger partial charge in [0.2, 0.25) is 11.7 Å². The van der Waals surface area contributed by atoms with Crippen molar-refractivity contribution in [3.63, 3.8) is 0 Å². The Kier molecular flexibility index (Phi) is 4.24. The first-order valence-corrected chi connectivity index (χ1v) is 8.89. The summed E-state index contributed by atoms with van der Waals surface area (Å²) in [5.41, 5.74) is 0.582. The monoisotopic (exact) mass is 353 g/mol. The second-order valence-corrected chi connectivity index (χ2v) is 7.99. The molecular formula is C14H12FN3O3S2. The summed E-state index contributed by atoms with van der Waals surface area (Å²) in [4.78, 5) is 4.99. The van der Waals surface area contributed by atoms with E-state index in [0.29, 0.717) is 5.56 Å². The molecule has 3 aromatic rings. The number of nitrogens with zero attached hydrogens (tertiary/aromatic N) is 2. The minimum atomic E-state index is -3.61. The number of aryl methyl sites for hydroxylation is 1. The Morgan fingerprint density at radius 1 is 1.22 bits per heavy atom. The summed E-state index contributed by atoms with van der Waals surface area (Å²) in [7, 11) is -3.61. The number of aromatic nitrogens is 2. The van der Waals surface area contributed by atoms with Crippen LogP contribution in [0.2, 0.25) is 0 Å². The molecule has 2 heterocycles. The number of thiophene rings is 1. The molecule has 2 aromatic heterocycles. The lowest BCUT2D eigenvalue weighted by Gasteiger charge is -2.00. The van der Waals surface area contributed by atoms with Gasteiger partial charge in [0.05, 0.1) is 6.54 Å². The molecule has 23 heavy (non-hydrogen) atoms. The van der Waals surface area contributed by atoms with Crippen molar-refractivity contribution in [2.24, 2.45) is 0 Å². The van der Waals surface area contributed by atoms with Gasteiger partial charge in [-0.05, 0) is 43.3 Å². The van der Waals surface area contributed by atoms with E-state index in [4.69, 9.17) is 4.52 Å². The lowest BCUT2D eigenvalue weighted by atomic mass is 10.2. The van der Waals surface area contributed by atoms with Gasteiger partial charge in [-0.25, -0.2) is 17.5 Å². The van der Waals surface area contributed by atoms with E-state index in [2.05, 4.69) is 14.9 Å². The molecule has 0 unspecified atom stereocenters. The summed E-state index contributed by atoms with van der Waals surface area (Å²) in [6, 6.07) is 8.88. The molecule has 6 nitrogen and oxygen atoms in total. The van der Waals surface area contributed by atoms with Crippen LogP contribution in [0.1, 0.15) is 10.8 Å². The molecule has 0 saturated heterocycles. The molecule has 120 valence electrons. The van der Waals surface area contributed by atoms with Crippen molar-refractivity contribution < 1.29 is 17.3 Å². The van der Waals surface area contributed by atoms with Crippen molar-refractivity contribution >= 4 is 21.4 Å². The molecule has 1 aromatic carbocycles. The molecule has 0 aliphatic rings. The summed E-state index contributed by atoms with van der Waals surface area (Å²) in [5, 5.41) is 3.75. The summed E-state index contributed by atoms with van der Waals surface area (Å²) in [6.07, 6.45) is 0. The van der Waals surface area contributed by atoms with E-state index in [1.807, 2.05) is 6.92 Å². The highest BCUT2D eigenvalue weighted by Crippen LogP contribution is 2.21. The molecule has 0 aliphatic heterocycles. The Bertz CT molecular complexity index is 917. The lowest BCUT2D eigenvalue weighted by Crippen LogP contribution is -2.22. The van der Waals surface area contributed by atoms with Crippen molar-refractivity contribution in [2.45, 2.75) is 17.7 Å². The predicted molar refractivity (Wildman–Crippen MR) is 82.8 cm³/mol. The van der Waals surface area contributed by atoms with Gasteiger partial charge < -0.3 is 4.52 Å². The van der Waals surface area contributed by atoms with Crippen LogP contribution in [0.25, 0.3) is 11.4 Å². The number of benzene rings is 1. The minimum Gasteiger partial charge on any atom is -0.338 e. The van der Waals surface area contributed by atoms with Crippen LogP contribution in [0.4, 0.5) is 4.39 Å². The highest BCUT2D eigenvalue weighted by atomic mass is 32.2. The molecule has 0 fully saturated rings. The third-order valence-corrected chi connectivity index (χ3v) is 5.86. The molecule has 0 atom stereocenters.